The number of esters is 1. The number of fused-ring (bicyclic) bond motifs is 1. The van der Waals surface area contributed by atoms with Crippen LogP contribution in [0.1, 0.15) is 12.0 Å². The predicted molar refractivity (Wildman–Crippen MR) is 102 cm³/mol. The molecule has 0 saturated heterocycles. The topological polar surface area (TPSA) is 73.9 Å². The number of halogens is 3. The van der Waals surface area contributed by atoms with Gasteiger partial charge in [0.05, 0.1) is 18.2 Å². The fourth-order valence-electron chi connectivity index (χ4n) is 2.47. The van der Waals surface area contributed by atoms with Crippen molar-refractivity contribution in [3.63, 3.8) is 0 Å². The highest BCUT2D eigenvalue weighted by atomic mass is 35.5. The van der Waals surface area contributed by atoms with E-state index in [1.807, 2.05) is 0 Å². The Morgan fingerprint density at radius 1 is 1.14 bits per heavy atom. The fourth-order valence-corrected chi connectivity index (χ4v) is 2.74. The molecular weight excluding hydrogens is 408 g/mol. The van der Waals surface area contributed by atoms with E-state index in [1.54, 1.807) is 12.1 Å². The van der Waals surface area contributed by atoms with Gasteiger partial charge in [-0.15, -0.1) is 0 Å². The van der Waals surface area contributed by atoms with Gasteiger partial charge in [-0.3, -0.25) is 4.79 Å². The first kappa shape index (κ1) is 20.6. The summed E-state index contributed by atoms with van der Waals surface area (Å²) in [5, 5.41) is 2.64. The molecule has 0 atom stereocenters. The van der Waals surface area contributed by atoms with Crippen molar-refractivity contribution >= 4 is 35.2 Å². The number of ether oxygens (including phenoxy) is 3. The van der Waals surface area contributed by atoms with E-state index in [4.69, 9.17) is 25.8 Å². The average Bonchev–Trinajstić information content (AvgIpc) is 2.93. The van der Waals surface area contributed by atoms with Gasteiger partial charge in [0.1, 0.15) is 0 Å². The first-order valence-corrected chi connectivity index (χ1v) is 8.99. The molecule has 0 bridgehead atoms. The maximum atomic E-state index is 13.1. The molecule has 1 amide bonds. The molecule has 2 aromatic rings. The van der Waals surface area contributed by atoms with Crippen molar-refractivity contribution in [1.82, 2.24) is 0 Å². The summed E-state index contributed by atoms with van der Waals surface area (Å²) in [6.07, 6.45) is 3.31. The van der Waals surface area contributed by atoms with Gasteiger partial charge in [0.2, 0.25) is 0 Å². The summed E-state index contributed by atoms with van der Waals surface area (Å²) < 4.78 is 41.9. The third-order valence-electron chi connectivity index (χ3n) is 3.79. The van der Waals surface area contributed by atoms with Crippen molar-refractivity contribution in [3.05, 3.63) is 58.6 Å². The average molecular weight is 424 g/mol. The fraction of sp³-hybridized carbons (Fsp3) is 0.200. The number of nitrogens with one attached hydrogen (secondary N) is 1. The van der Waals surface area contributed by atoms with E-state index in [-0.39, 0.29) is 5.69 Å². The third-order valence-corrected chi connectivity index (χ3v) is 4.07. The van der Waals surface area contributed by atoms with Gasteiger partial charge in [-0.1, -0.05) is 11.6 Å². The maximum Gasteiger partial charge on any atom is 0.331 e. The molecule has 29 heavy (non-hydrogen) atoms. The molecule has 1 aliphatic heterocycles. The molecule has 1 heterocycles. The summed E-state index contributed by atoms with van der Waals surface area (Å²) in [7, 11) is 0. The van der Waals surface area contributed by atoms with E-state index in [0.717, 1.165) is 24.6 Å². The van der Waals surface area contributed by atoms with E-state index in [2.05, 4.69) is 5.32 Å². The number of anilines is 1. The SMILES string of the molecule is O=C(COC(=O)/C=C/c1cc(Cl)c2c(c1)OCCCO2)Nc1ccc(F)c(F)c1. The van der Waals surface area contributed by atoms with Crippen LogP contribution in [0.2, 0.25) is 5.02 Å². The lowest BCUT2D eigenvalue weighted by Crippen LogP contribution is -2.20. The van der Waals surface area contributed by atoms with E-state index in [9.17, 15) is 18.4 Å². The molecule has 0 aromatic heterocycles. The number of carbonyl (C=O) groups is 2. The van der Waals surface area contributed by atoms with E-state index in [1.165, 1.54) is 12.1 Å². The lowest BCUT2D eigenvalue weighted by molar-refractivity contribution is -0.142. The Bertz CT molecular complexity index is 964. The van der Waals surface area contributed by atoms with Crippen molar-refractivity contribution in [2.24, 2.45) is 0 Å². The zero-order valence-electron chi connectivity index (χ0n) is 15.0. The van der Waals surface area contributed by atoms with Crippen molar-refractivity contribution < 1.29 is 32.6 Å². The molecule has 0 spiro atoms. The maximum absolute atomic E-state index is 13.1. The van der Waals surface area contributed by atoms with Crippen LogP contribution in [0.15, 0.2) is 36.4 Å². The van der Waals surface area contributed by atoms with Gasteiger partial charge in [0.25, 0.3) is 5.91 Å². The monoisotopic (exact) mass is 423 g/mol. The Labute approximate surface area is 170 Å². The predicted octanol–water partition coefficient (Wildman–Crippen LogP) is 3.97. The van der Waals surface area contributed by atoms with Gasteiger partial charge >= 0.3 is 5.97 Å². The van der Waals surface area contributed by atoms with Crippen molar-refractivity contribution in [1.29, 1.82) is 0 Å². The summed E-state index contributed by atoms with van der Waals surface area (Å²) in [5.74, 6) is -2.66. The van der Waals surface area contributed by atoms with Crippen LogP contribution in [-0.2, 0) is 14.3 Å². The Balaban J connectivity index is 1.54. The molecular formula is C20H16ClF2NO5. The highest BCUT2D eigenvalue weighted by molar-refractivity contribution is 6.32. The molecule has 0 unspecified atom stereocenters. The molecule has 0 radical (unpaired) electrons. The number of amides is 1. The minimum absolute atomic E-state index is 0.0438. The number of hydrogen-bond donors (Lipinski definition) is 1. The van der Waals surface area contributed by atoms with E-state index in [0.29, 0.717) is 35.3 Å². The Hall–Kier alpha value is -3.13. The zero-order valence-corrected chi connectivity index (χ0v) is 15.8. The Morgan fingerprint density at radius 3 is 2.72 bits per heavy atom. The second-order valence-corrected chi connectivity index (χ2v) is 6.41. The van der Waals surface area contributed by atoms with Crippen LogP contribution < -0.4 is 14.8 Å². The molecule has 1 N–H and O–H groups in total. The quantitative estimate of drug-likeness (QED) is 0.581. The Kier molecular flexibility index (Phi) is 6.66. The molecule has 0 aliphatic carbocycles. The van der Waals surface area contributed by atoms with Crippen LogP contribution in [0.5, 0.6) is 11.5 Å². The second kappa shape index (κ2) is 9.38. The van der Waals surface area contributed by atoms with Crippen LogP contribution in [0.4, 0.5) is 14.5 Å². The summed E-state index contributed by atoms with van der Waals surface area (Å²) in [4.78, 5) is 23.6. The van der Waals surface area contributed by atoms with Crippen molar-refractivity contribution in [2.75, 3.05) is 25.1 Å². The molecule has 3 rings (SSSR count). The normalized spacial score (nSPS) is 13.1. The van der Waals surface area contributed by atoms with Gasteiger partial charge in [-0.2, -0.15) is 0 Å². The summed E-state index contributed by atoms with van der Waals surface area (Å²) in [6.45, 7) is 0.399. The lowest BCUT2D eigenvalue weighted by atomic mass is 10.2. The van der Waals surface area contributed by atoms with Crippen LogP contribution >= 0.6 is 11.6 Å². The highest BCUT2D eigenvalue weighted by Crippen LogP contribution is 2.38. The van der Waals surface area contributed by atoms with Gasteiger partial charge in [0, 0.05) is 24.3 Å². The standard InChI is InChI=1S/C20H16ClF2NO5/c21-14-8-12(9-17-20(14)28-7-1-6-27-17)2-5-19(26)29-11-18(25)24-13-3-4-15(22)16(23)10-13/h2-5,8-10H,1,6-7,11H2,(H,24,25)/b5-2+. The molecule has 152 valence electrons. The molecule has 0 saturated carbocycles. The largest absolute Gasteiger partial charge is 0.489 e. The smallest absolute Gasteiger partial charge is 0.331 e. The summed E-state index contributed by atoms with van der Waals surface area (Å²) >= 11 is 6.18. The lowest BCUT2D eigenvalue weighted by Gasteiger charge is -2.10. The molecule has 1 aliphatic rings. The van der Waals surface area contributed by atoms with Crippen LogP contribution in [0, 0.1) is 11.6 Å². The van der Waals surface area contributed by atoms with Crippen molar-refractivity contribution in [3.8, 4) is 11.5 Å². The second-order valence-electron chi connectivity index (χ2n) is 6.00. The molecule has 6 nitrogen and oxygen atoms in total. The van der Waals surface area contributed by atoms with Crippen LogP contribution in [0.25, 0.3) is 6.08 Å². The third kappa shape index (κ3) is 5.68. The summed E-state index contributed by atoms with van der Waals surface area (Å²) in [5.41, 5.74) is 0.629. The number of hydrogen-bond acceptors (Lipinski definition) is 5. The molecule has 2 aromatic carbocycles. The Morgan fingerprint density at radius 2 is 1.93 bits per heavy atom. The number of benzene rings is 2. The van der Waals surface area contributed by atoms with E-state index < -0.39 is 30.1 Å². The van der Waals surface area contributed by atoms with Crippen LogP contribution in [0.3, 0.4) is 0 Å². The summed E-state index contributed by atoms with van der Waals surface area (Å²) in [6, 6.07) is 6.16. The number of rotatable bonds is 5. The van der Waals surface area contributed by atoms with Gasteiger partial charge in [-0.25, -0.2) is 13.6 Å². The van der Waals surface area contributed by atoms with Gasteiger partial charge in [-0.05, 0) is 35.9 Å². The minimum Gasteiger partial charge on any atom is -0.489 e. The minimum atomic E-state index is -1.10. The first-order chi connectivity index (χ1) is 13.9. The van der Waals surface area contributed by atoms with Gasteiger partial charge in [0.15, 0.2) is 29.7 Å². The van der Waals surface area contributed by atoms with Gasteiger partial charge < -0.3 is 19.5 Å². The molecule has 9 heteroatoms. The number of carbonyl (C=O) groups excluding carboxylic acids is 2. The zero-order chi connectivity index (χ0) is 20.8. The highest BCUT2D eigenvalue weighted by Gasteiger charge is 2.15. The molecule has 0 fully saturated rings. The van der Waals surface area contributed by atoms with E-state index >= 15 is 0 Å². The first-order valence-electron chi connectivity index (χ1n) is 8.61. The van der Waals surface area contributed by atoms with Crippen LogP contribution in [-0.4, -0.2) is 31.7 Å². The van der Waals surface area contributed by atoms with Crippen molar-refractivity contribution in [2.45, 2.75) is 6.42 Å².